The van der Waals surface area contributed by atoms with Gasteiger partial charge in [0.1, 0.15) is 101 Å². The standard InChI is InChI=1S/C17H36O13.C16H34O11.C12H24O10.CH4.2IO4.2Na/c1-17(2,25)16(24)30-13(6-21)10-27-15(8-23)29-12(5-20)9-26-14(7-22)28-11(3-18)4-19;1-16(2,10-22)13(23)9-25-15(7-21)27-12(5-19)8-24-14(6-20)26-11(3-17)4-18;13-1-2-19-11(6-17)22-10(5-16)8-20-12(7-18)21-9(3-14)4-15;;2*2-1(3,4)5;;/h11-16,18-25H,3-10H2,1-2H3;11-15,17-23H,3-10H2,1-2H3;1,9-12,14-18H,2-8H2;1H4;;;;/q;;;;2*-1;2*+1/t12?,13?,14?,15?,16-;;;;;;;/m0......./s1. The third-order valence-electron chi connectivity index (χ3n) is 9.89. The van der Waals surface area contributed by atoms with Crippen molar-refractivity contribution in [3.63, 3.8) is 0 Å². The van der Waals surface area contributed by atoms with Crippen molar-refractivity contribution in [1.82, 2.24) is 0 Å². The summed E-state index contributed by atoms with van der Waals surface area (Å²) in [4.78, 5) is 10.2. The third kappa shape index (κ3) is 67.3. The van der Waals surface area contributed by atoms with Crippen molar-refractivity contribution in [2.24, 2.45) is 5.41 Å². The number of carbonyl (C=O) groups excluding carboxylic acids is 1. The van der Waals surface area contributed by atoms with Crippen LogP contribution in [0.5, 0.6) is 0 Å². The van der Waals surface area contributed by atoms with E-state index in [0.717, 1.165) is 0 Å². The Balaban J connectivity index is -0.000000176. The van der Waals surface area contributed by atoms with E-state index in [1.165, 1.54) is 13.8 Å². The first-order valence-electron chi connectivity index (χ1n) is 25.9. The van der Waals surface area contributed by atoms with Gasteiger partial charge in [0.25, 0.3) is 0 Å². The Morgan fingerprint density at radius 3 is 0.728 bits per heavy atom. The van der Waals surface area contributed by atoms with Crippen molar-refractivity contribution in [1.29, 1.82) is 0 Å². The summed E-state index contributed by atoms with van der Waals surface area (Å²) in [5.41, 5.74) is -2.38. The van der Waals surface area contributed by atoms with Crippen LogP contribution in [0.2, 0.25) is 0 Å². The molecule has 0 aromatic carbocycles. The maximum atomic E-state index is 10.2. The molecule has 20 N–H and O–H groups in total. The first kappa shape index (κ1) is 109. The van der Waals surface area contributed by atoms with Crippen LogP contribution in [0.4, 0.5) is 0 Å². The van der Waals surface area contributed by atoms with E-state index in [-0.39, 0.29) is 113 Å². The van der Waals surface area contributed by atoms with Gasteiger partial charge in [0, 0.05) is 5.41 Å². The second-order valence-electron chi connectivity index (χ2n) is 18.4. The summed E-state index contributed by atoms with van der Waals surface area (Å²) in [5, 5.41) is 185. The molecule has 0 amide bonds. The molecule has 12 atom stereocenters. The van der Waals surface area contributed by atoms with E-state index in [1.807, 2.05) is 0 Å². The molecule has 0 saturated heterocycles. The van der Waals surface area contributed by atoms with Gasteiger partial charge in [0.2, 0.25) is 0 Å². The normalized spacial score (nSPS) is 15.9. The Labute approximate surface area is 588 Å². The quantitative estimate of drug-likeness (QED) is 0.0116. The summed E-state index contributed by atoms with van der Waals surface area (Å²) < 4.78 is 136. The minimum Gasteiger partial charge on any atom is -0.396 e. The monoisotopic (exact) mass is 1620 g/mol. The topological polar surface area (TPSA) is 726 Å². The van der Waals surface area contributed by atoms with E-state index in [1.54, 1.807) is 13.8 Å². The molecule has 0 fully saturated rings. The molecule has 0 heterocycles. The molecule has 0 spiro atoms. The molecule has 0 radical (unpaired) electrons. The third-order valence-corrected chi connectivity index (χ3v) is 9.89. The van der Waals surface area contributed by atoms with E-state index in [2.05, 4.69) is 0 Å². The summed E-state index contributed by atoms with van der Waals surface area (Å²) in [6.45, 7) is -4.20. The molecule has 0 aromatic rings. The van der Waals surface area contributed by atoms with Gasteiger partial charge in [-0.3, -0.25) is 27.5 Å². The van der Waals surface area contributed by atoms with Crippen LogP contribution in [0.25, 0.3) is 0 Å². The SMILES string of the molecule is C.CC(C)(CO)C(O)COC(CO)OC(CO)COC(CO)OC(CO)CO.CC(C)(O)[C@@H](O)OC(CO)COC(CO)OC(CO)COC(CO)OC(CO)CO.O=CCOC(CO)OC(CO)COC(CO)OC(CO)CO.[Na+].[Na+].[O-][I+3]([O-])([O-])[O-].[O-][I+3]([O-])([O-])[O-]. The summed E-state index contributed by atoms with van der Waals surface area (Å²) in [6.07, 6.45) is -15.8. The first-order chi connectivity index (χ1) is 41.6. The van der Waals surface area contributed by atoms with E-state index < -0.39 is 250 Å². The van der Waals surface area contributed by atoms with Gasteiger partial charge >= 0.3 is 59.1 Å². The van der Waals surface area contributed by atoms with Gasteiger partial charge in [0.15, 0.2) is 44.0 Å². The number of aldehydes is 1. The average Bonchev–Trinajstić information content (AvgIpc) is 1.44. The summed E-state index contributed by atoms with van der Waals surface area (Å²) in [5.74, 6) is 0. The molecule has 0 aliphatic heterocycles. The van der Waals surface area contributed by atoms with Crippen LogP contribution >= 0.6 is 0 Å². The number of aliphatic hydroxyl groups is 20. The number of carbonyl (C=O) groups is 1. The van der Waals surface area contributed by atoms with Crippen molar-refractivity contribution in [2.45, 2.75) is 134 Å². The van der Waals surface area contributed by atoms with Crippen molar-refractivity contribution < 1.29 is 295 Å². The van der Waals surface area contributed by atoms with Gasteiger partial charge in [-0.15, -0.1) is 0 Å². The molecule has 11 unspecified atom stereocenters. The molecular formula is C46H98I2Na2O42. The minimum atomic E-state index is -5.94. The van der Waals surface area contributed by atoms with Crippen LogP contribution < -0.4 is 127 Å². The molecule has 0 aliphatic rings. The number of ether oxygens (including phenoxy) is 13. The van der Waals surface area contributed by atoms with Crippen LogP contribution in [0.3, 0.4) is 0 Å². The first-order valence-corrected chi connectivity index (χ1v) is 33.0. The fraction of sp³-hybridized carbons (Fsp3) is 0.978. The maximum absolute atomic E-state index is 10.2. The fourth-order valence-corrected chi connectivity index (χ4v) is 4.95. The largest absolute Gasteiger partial charge is 1.00 e. The number of aliphatic hydroxyl groups excluding tert-OH is 19. The molecular weight excluding hydrogens is 1520 g/mol. The molecule has 0 bridgehead atoms. The smallest absolute Gasteiger partial charge is 0.396 e. The van der Waals surface area contributed by atoms with Crippen LogP contribution in [0.15, 0.2) is 0 Å². The Morgan fingerprint density at radius 2 is 0.543 bits per heavy atom. The Kier molecular flexibility index (Phi) is 79.7. The van der Waals surface area contributed by atoms with Gasteiger partial charge in [-0.2, -0.15) is 0 Å². The van der Waals surface area contributed by atoms with Crippen molar-refractivity contribution in [2.75, 3.05) is 152 Å². The fourth-order valence-electron chi connectivity index (χ4n) is 4.95. The van der Waals surface area contributed by atoms with E-state index >= 15 is 0 Å². The Bertz CT molecular complexity index is 1500. The molecule has 0 aromatic heterocycles. The number of halogens is 2. The minimum absolute atomic E-state index is 0. The number of hydrogen-bond acceptors (Lipinski definition) is 42. The Hall–Kier alpha value is 1.49. The molecule has 92 heavy (non-hydrogen) atoms. The molecule has 0 saturated carbocycles. The summed E-state index contributed by atoms with van der Waals surface area (Å²) >= 11 is -11.9. The molecule has 42 nitrogen and oxygen atoms in total. The average molecular weight is 1620 g/mol. The summed E-state index contributed by atoms with van der Waals surface area (Å²) in [7, 11) is 0. The van der Waals surface area contributed by atoms with Gasteiger partial charge in [0.05, 0.1) is 151 Å². The van der Waals surface area contributed by atoms with Crippen LogP contribution in [0.1, 0.15) is 35.1 Å². The van der Waals surface area contributed by atoms with Gasteiger partial charge in [-0.05, 0) is 13.8 Å². The van der Waals surface area contributed by atoms with Crippen molar-refractivity contribution in [3.8, 4) is 0 Å². The molecule has 0 aliphatic carbocycles. The number of hydrogen-bond donors (Lipinski definition) is 20. The van der Waals surface area contributed by atoms with Gasteiger partial charge < -0.3 is 169 Å². The van der Waals surface area contributed by atoms with Gasteiger partial charge in [-0.25, -0.2) is 0 Å². The maximum Gasteiger partial charge on any atom is 1.00 e. The zero-order valence-electron chi connectivity index (χ0n) is 51.2. The second-order valence-corrected chi connectivity index (χ2v) is 22.7. The van der Waals surface area contributed by atoms with E-state index in [9.17, 15) is 61.0 Å². The van der Waals surface area contributed by atoms with Gasteiger partial charge in [-0.1, -0.05) is 21.3 Å². The predicted octanol–water partition coefficient (Wildman–Crippen LogP) is -31.6. The van der Waals surface area contributed by atoms with Crippen LogP contribution in [0, 0.1) is 5.41 Å². The number of rotatable bonds is 51. The zero-order chi connectivity index (χ0) is 69.8. The van der Waals surface area contributed by atoms with Crippen LogP contribution in [-0.2, 0) is 66.4 Å². The van der Waals surface area contributed by atoms with E-state index in [4.69, 9.17) is 135 Å². The molecule has 0 rings (SSSR count). The van der Waals surface area contributed by atoms with E-state index in [0.29, 0.717) is 6.29 Å². The second kappa shape index (κ2) is 67.0. The summed E-state index contributed by atoms with van der Waals surface area (Å²) in [6, 6.07) is 0. The van der Waals surface area contributed by atoms with Crippen LogP contribution in [-0.4, -0.2) is 359 Å². The molecule has 550 valence electrons. The van der Waals surface area contributed by atoms with Crippen molar-refractivity contribution in [3.05, 3.63) is 0 Å². The molecule has 46 heteroatoms. The van der Waals surface area contributed by atoms with Crippen molar-refractivity contribution >= 4 is 6.29 Å². The Morgan fingerprint density at radius 1 is 0.348 bits per heavy atom. The predicted molar refractivity (Wildman–Crippen MR) is 268 cm³/mol. The zero-order valence-corrected chi connectivity index (χ0v) is 59.5.